The number of hydrogen-bond acceptors (Lipinski definition) is 12. The van der Waals surface area contributed by atoms with E-state index >= 15 is 0 Å². The molecule has 0 aromatic rings. The molecule has 0 saturated carbocycles. The van der Waals surface area contributed by atoms with Gasteiger partial charge in [-0.1, -0.05) is 34.6 Å². The average molecular weight is 791 g/mol. The number of aliphatic carboxylic acids is 1. The fourth-order valence-electron chi connectivity index (χ4n) is 4.72. The number of ketones is 1. The lowest BCUT2D eigenvalue weighted by Crippen LogP contribution is -2.64. The predicted octanol–water partition coefficient (Wildman–Crippen LogP) is -4.44. The summed E-state index contributed by atoms with van der Waals surface area (Å²) in [7, 11) is -1.60. The molecule has 5 atom stereocenters. The quantitative estimate of drug-likeness (QED) is 0.0438. The molecule has 0 aromatic carbocycles. The van der Waals surface area contributed by atoms with Crippen molar-refractivity contribution in [3.8, 4) is 0 Å². The Hall–Kier alpha value is -4.99. The fraction of sp³-hybridized carbons (Fsp3) is 0.688. The molecule has 54 heavy (non-hydrogen) atoms. The van der Waals surface area contributed by atoms with Gasteiger partial charge in [-0.05, 0) is 25.7 Å². The molecule has 0 bridgehead atoms. The van der Waals surface area contributed by atoms with Gasteiger partial charge in [0.25, 0.3) is 5.91 Å². The second-order valence-corrected chi connectivity index (χ2v) is 16.5. The molecule has 0 aromatic heterocycles. The van der Waals surface area contributed by atoms with Crippen LogP contribution in [0.15, 0.2) is 0 Å². The van der Waals surface area contributed by atoms with E-state index in [1.807, 2.05) is 26.1 Å². The van der Waals surface area contributed by atoms with Crippen molar-refractivity contribution in [2.24, 2.45) is 22.3 Å². The van der Waals surface area contributed by atoms with Crippen LogP contribution in [0, 0.1) is 10.8 Å². The second-order valence-electron chi connectivity index (χ2n) is 15.0. The lowest BCUT2D eigenvalue weighted by molar-refractivity contribution is -0.140. The molecule has 0 heterocycles. The van der Waals surface area contributed by atoms with Crippen LogP contribution >= 0.6 is 0 Å². The van der Waals surface area contributed by atoms with Gasteiger partial charge >= 0.3 is 5.97 Å². The van der Waals surface area contributed by atoms with E-state index in [1.54, 1.807) is 0 Å². The molecule has 0 aliphatic rings. The summed E-state index contributed by atoms with van der Waals surface area (Å²) in [5, 5.41) is 32.6. The largest absolute Gasteiger partial charge is 0.480 e. The van der Waals surface area contributed by atoms with Crippen LogP contribution in [0.2, 0.25) is 0 Å². The van der Waals surface area contributed by atoms with Crippen molar-refractivity contribution in [2.45, 2.75) is 104 Å². The molecule has 306 valence electrons. The van der Waals surface area contributed by atoms with Crippen LogP contribution in [-0.2, 0) is 58.7 Å². The van der Waals surface area contributed by atoms with E-state index < -0.39 is 131 Å². The van der Waals surface area contributed by atoms with Gasteiger partial charge in [0.15, 0.2) is 0 Å². The van der Waals surface area contributed by atoms with Crippen LogP contribution in [-0.4, -0.2) is 128 Å². The Morgan fingerprint density at radius 1 is 0.667 bits per heavy atom. The first-order chi connectivity index (χ1) is 24.5. The minimum absolute atomic E-state index is 0.0823. The number of nitrogens with two attached hydrogens (primary N) is 2. The third-order valence-electron chi connectivity index (χ3n) is 7.43. The minimum atomic E-state index is -2.04. The number of rotatable bonds is 23. The summed E-state index contributed by atoms with van der Waals surface area (Å²) < 4.78 is 12.2. The summed E-state index contributed by atoms with van der Waals surface area (Å²) in [5.41, 5.74) is 6.84. The van der Waals surface area contributed by atoms with Gasteiger partial charge in [0, 0.05) is 34.6 Å². The highest BCUT2D eigenvalue weighted by atomic mass is 32.2. The molecule has 0 saturated heterocycles. The zero-order chi connectivity index (χ0) is 42.4. The first kappa shape index (κ1) is 49.0. The molecular formula is C32H54N8O13S. The summed E-state index contributed by atoms with van der Waals surface area (Å²) in [6.07, 6.45) is -0.0613. The number of nitrogens with one attached hydrogen (secondary N) is 6. The first-order valence-corrected chi connectivity index (χ1v) is 18.3. The highest BCUT2D eigenvalue weighted by Crippen LogP contribution is 2.23. The monoisotopic (exact) mass is 790 g/mol. The molecule has 22 heteroatoms. The van der Waals surface area contributed by atoms with Gasteiger partial charge in [0.1, 0.15) is 30.7 Å². The fourth-order valence-corrected chi connectivity index (χ4v) is 5.93. The Kier molecular flexibility index (Phi) is 19.1. The lowest BCUT2D eigenvalue weighted by atomic mass is 9.85. The predicted molar refractivity (Wildman–Crippen MR) is 192 cm³/mol. The number of carboxylic acid groups (broad SMARTS) is 1. The molecule has 0 radical (unpaired) electrons. The van der Waals surface area contributed by atoms with E-state index in [9.17, 15) is 57.3 Å². The van der Waals surface area contributed by atoms with E-state index in [2.05, 4.69) is 26.6 Å². The van der Waals surface area contributed by atoms with E-state index in [4.69, 9.17) is 16.6 Å². The Balaban J connectivity index is 6.31. The molecule has 0 aliphatic carbocycles. The average Bonchev–Trinajstić information content (AvgIpc) is 2.99. The van der Waals surface area contributed by atoms with Crippen molar-refractivity contribution in [1.29, 1.82) is 0 Å². The number of amides is 8. The maximum absolute atomic E-state index is 13.6. The number of carboxylic acids is 1. The maximum Gasteiger partial charge on any atom is 0.322 e. The molecule has 8 amide bonds. The van der Waals surface area contributed by atoms with Gasteiger partial charge in [0.2, 0.25) is 47.1 Å². The normalized spacial score (nSPS) is 14.5. The van der Waals surface area contributed by atoms with E-state index in [1.165, 1.54) is 20.1 Å². The van der Waals surface area contributed by atoms with Gasteiger partial charge in [-0.15, -0.1) is 0 Å². The molecule has 0 rings (SSSR count). The van der Waals surface area contributed by atoms with Crippen molar-refractivity contribution < 1.29 is 62.4 Å². The Morgan fingerprint density at radius 2 is 1.15 bits per heavy atom. The van der Waals surface area contributed by atoms with Crippen LogP contribution in [0.1, 0.15) is 74.1 Å². The Bertz CT molecular complexity index is 1490. The highest BCUT2D eigenvalue weighted by Gasteiger charge is 2.42. The van der Waals surface area contributed by atoms with Gasteiger partial charge in [0.05, 0.1) is 25.0 Å². The van der Waals surface area contributed by atoms with Gasteiger partial charge in [-0.25, -0.2) is 0 Å². The second kappa shape index (κ2) is 21.0. The van der Waals surface area contributed by atoms with Crippen molar-refractivity contribution in [3.05, 3.63) is 0 Å². The van der Waals surface area contributed by atoms with Crippen molar-refractivity contribution in [1.82, 2.24) is 31.9 Å². The van der Waals surface area contributed by atoms with Crippen LogP contribution in [0.3, 0.4) is 0 Å². The van der Waals surface area contributed by atoms with E-state index in [0.29, 0.717) is 6.42 Å². The molecule has 21 nitrogen and oxygen atoms in total. The molecule has 0 spiro atoms. The van der Waals surface area contributed by atoms with Crippen LogP contribution in [0.5, 0.6) is 0 Å². The number of aliphatic hydroxyl groups is 1. The van der Waals surface area contributed by atoms with E-state index in [-0.39, 0.29) is 17.6 Å². The number of carbonyl (C=O) groups excluding carboxylic acids is 9. The molecule has 12 N–H and O–H groups in total. The molecular weight excluding hydrogens is 736 g/mol. The van der Waals surface area contributed by atoms with Crippen LogP contribution in [0.4, 0.5) is 0 Å². The number of hydrogen-bond donors (Lipinski definition) is 10. The molecule has 0 fully saturated rings. The molecule has 0 aliphatic heterocycles. The minimum Gasteiger partial charge on any atom is -0.480 e. The lowest BCUT2D eigenvalue weighted by Gasteiger charge is -2.35. The standard InChI is InChI=1S/C32H54N8O13S/c1-30(2,3)10-9-18(41)27(49)35-13-21(44)39-24(32(6,7)52)29(51)38-17(12-20(34)43)26(48)40-23(31(4,5)15-54(8)53)28(50)37-16(11-19(33)42)25(47)36-14-22(45)46/h16-17,23-24,52H,9-15H2,1-8H3,(H2,33,42)(H2,34,43)(H,35,49)(H,36,47)(H,37,50)(H,38,51)(H,39,44)(H,40,48)(H,45,46)/t16-,17-,23-,24-,54+/m1/s1. The zero-order valence-corrected chi connectivity index (χ0v) is 32.5. The Morgan fingerprint density at radius 3 is 1.57 bits per heavy atom. The number of Topliss-reactive ketones (excluding diaryl/α,β-unsaturated/α-hetero) is 1. The third kappa shape index (κ3) is 19.2. The Labute approximate surface area is 315 Å². The number of primary amides is 2. The number of carbonyl (C=O) groups is 10. The smallest absolute Gasteiger partial charge is 0.322 e. The van der Waals surface area contributed by atoms with Crippen molar-refractivity contribution in [2.75, 3.05) is 25.1 Å². The van der Waals surface area contributed by atoms with Crippen molar-refractivity contribution in [3.63, 3.8) is 0 Å². The third-order valence-corrected chi connectivity index (χ3v) is 8.59. The van der Waals surface area contributed by atoms with Gasteiger partial charge < -0.3 is 53.6 Å². The zero-order valence-electron chi connectivity index (χ0n) is 31.7. The first-order valence-electron chi connectivity index (χ1n) is 16.6. The van der Waals surface area contributed by atoms with E-state index in [0.717, 1.165) is 13.8 Å². The maximum atomic E-state index is 13.6. The summed E-state index contributed by atoms with van der Waals surface area (Å²) in [5.74, 6) is -11.4. The topological polar surface area (TPSA) is 352 Å². The summed E-state index contributed by atoms with van der Waals surface area (Å²) in [6, 6.07) is -7.13. The highest BCUT2D eigenvalue weighted by molar-refractivity contribution is 7.84. The van der Waals surface area contributed by atoms with Gasteiger partial charge in [-0.3, -0.25) is 52.2 Å². The summed E-state index contributed by atoms with van der Waals surface area (Å²) in [6.45, 7) is 9.02. The SMILES string of the molecule is C[S@](=O)CC(C)(C)[C@H](NC(=O)[C@@H](CC(N)=O)NC(=O)[C@@H](NC(=O)CNC(=O)C(=O)CCC(C)(C)C)C(C)(C)O)C(=O)N[C@H](CC(N)=O)C(=O)NCC(=O)O. The van der Waals surface area contributed by atoms with Crippen LogP contribution in [0.25, 0.3) is 0 Å². The summed E-state index contributed by atoms with van der Waals surface area (Å²) in [4.78, 5) is 125. The van der Waals surface area contributed by atoms with Crippen molar-refractivity contribution >= 4 is 69.8 Å². The molecule has 0 unspecified atom stereocenters. The van der Waals surface area contributed by atoms with Crippen LogP contribution < -0.4 is 43.4 Å². The van der Waals surface area contributed by atoms with Gasteiger partial charge in [-0.2, -0.15) is 0 Å². The summed E-state index contributed by atoms with van der Waals surface area (Å²) >= 11 is 0.